The van der Waals surface area contributed by atoms with Crippen molar-refractivity contribution in [3.8, 4) is 6.07 Å². The van der Waals surface area contributed by atoms with Gasteiger partial charge >= 0.3 is 0 Å². The molecule has 0 saturated carbocycles. The third-order valence-electron chi connectivity index (χ3n) is 2.98. The van der Waals surface area contributed by atoms with E-state index in [0.29, 0.717) is 16.3 Å². The van der Waals surface area contributed by atoms with Gasteiger partial charge in [0.25, 0.3) is 0 Å². The summed E-state index contributed by atoms with van der Waals surface area (Å²) in [7, 11) is 0. The third kappa shape index (κ3) is 3.00. The minimum atomic E-state index is -0.139. The summed E-state index contributed by atoms with van der Waals surface area (Å²) in [5, 5.41) is 15.2. The Balaban J connectivity index is 2.05. The average molecular weight is 264 g/mol. The molecule has 1 atom stereocenters. The fourth-order valence-corrected chi connectivity index (χ4v) is 2.15. The van der Waals surface area contributed by atoms with E-state index in [4.69, 9.17) is 16.9 Å². The van der Waals surface area contributed by atoms with Crippen molar-refractivity contribution in [2.24, 2.45) is 0 Å². The smallest absolute Gasteiger partial charge is 0.241 e. The highest BCUT2D eigenvalue weighted by atomic mass is 35.5. The second-order valence-electron chi connectivity index (χ2n) is 4.30. The Morgan fingerprint density at radius 1 is 1.50 bits per heavy atom. The zero-order valence-corrected chi connectivity index (χ0v) is 10.6. The molecule has 0 radical (unpaired) electrons. The number of carbonyl (C=O) groups is 1. The molecule has 0 aromatic heterocycles. The lowest BCUT2D eigenvalue weighted by Crippen LogP contribution is -2.43. The fraction of sp³-hybridized carbons (Fsp3) is 0.385. The first-order chi connectivity index (χ1) is 8.70. The summed E-state index contributed by atoms with van der Waals surface area (Å²) in [5.74, 6) is -0.0547. The number of piperidine rings is 1. The summed E-state index contributed by atoms with van der Waals surface area (Å²) in [6.07, 6.45) is 3.03. The summed E-state index contributed by atoms with van der Waals surface area (Å²) < 4.78 is 0. The molecule has 1 heterocycles. The van der Waals surface area contributed by atoms with Crippen molar-refractivity contribution in [3.05, 3.63) is 28.8 Å². The fourth-order valence-electron chi connectivity index (χ4n) is 1.99. The molecule has 1 amide bonds. The van der Waals surface area contributed by atoms with E-state index in [1.165, 1.54) is 0 Å². The van der Waals surface area contributed by atoms with E-state index < -0.39 is 0 Å². The van der Waals surface area contributed by atoms with Crippen molar-refractivity contribution in [2.75, 3.05) is 11.9 Å². The van der Waals surface area contributed by atoms with Crippen LogP contribution in [0.3, 0.4) is 0 Å². The van der Waals surface area contributed by atoms with Crippen LogP contribution in [0, 0.1) is 11.3 Å². The van der Waals surface area contributed by atoms with Crippen LogP contribution in [0.2, 0.25) is 5.02 Å². The lowest BCUT2D eigenvalue weighted by molar-refractivity contribution is -0.118. The number of hydrogen-bond donors (Lipinski definition) is 2. The maximum Gasteiger partial charge on any atom is 0.241 e. The van der Waals surface area contributed by atoms with Crippen molar-refractivity contribution >= 4 is 23.2 Å². The van der Waals surface area contributed by atoms with E-state index in [1.807, 2.05) is 6.07 Å². The first kappa shape index (κ1) is 12.9. The molecule has 0 unspecified atom stereocenters. The molecule has 1 fully saturated rings. The van der Waals surface area contributed by atoms with E-state index in [1.54, 1.807) is 18.2 Å². The highest BCUT2D eigenvalue weighted by Crippen LogP contribution is 2.20. The van der Waals surface area contributed by atoms with Crippen LogP contribution >= 0.6 is 11.6 Å². The minimum Gasteiger partial charge on any atom is -0.325 e. The van der Waals surface area contributed by atoms with Gasteiger partial charge in [-0.3, -0.25) is 4.79 Å². The van der Waals surface area contributed by atoms with Crippen LogP contribution in [-0.2, 0) is 4.79 Å². The largest absolute Gasteiger partial charge is 0.325 e. The van der Waals surface area contributed by atoms with Crippen LogP contribution in [0.15, 0.2) is 18.2 Å². The van der Waals surface area contributed by atoms with Gasteiger partial charge in [0, 0.05) is 5.69 Å². The van der Waals surface area contributed by atoms with Crippen LogP contribution < -0.4 is 10.6 Å². The maximum atomic E-state index is 12.0. The molecule has 1 aromatic rings. The Labute approximate surface area is 111 Å². The van der Waals surface area contributed by atoms with Crippen molar-refractivity contribution < 1.29 is 4.79 Å². The summed E-state index contributed by atoms with van der Waals surface area (Å²) in [4.78, 5) is 12.0. The monoisotopic (exact) mass is 263 g/mol. The van der Waals surface area contributed by atoms with Crippen LogP contribution in [-0.4, -0.2) is 18.5 Å². The number of halogens is 1. The van der Waals surface area contributed by atoms with Gasteiger partial charge in [0.1, 0.15) is 6.07 Å². The molecule has 4 nitrogen and oxygen atoms in total. The number of carbonyl (C=O) groups excluding carboxylic acids is 1. The number of rotatable bonds is 2. The molecule has 2 rings (SSSR count). The second kappa shape index (κ2) is 5.85. The predicted octanol–water partition coefficient (Wildman–Crippen LogP) is 2.29. The van der Waals surface area contributed by atoms with Crippen molar-refractivity contribution in [1.82, 2.24) is 5.32 Å². The van der Waals surface area contributed by atoms with Crippen molar-refractivity contribution in [1.29, 1.82) is 5.26 Å². The van der Waals surface area contributed by atoms with E-state index in [0.717, 1.165) is 25.8 Å². The van der Waals surface area contributed by atoms with Gasteiger partial charge in [-0.2, -0.15) is 5.26 Å². The molecule has 2 N–H and O–H groups in total. The van der Waals surface area contributed by atoms with Gasteiger partial charge in [-0.25, -0.2) is 0 Å². The number of nitriles is 1. The van der Waals surface area contributed by atoms with E-state index in [-0.39, 0.29) is 11.9 Å². The number of benzene rings is 1. The van der Waals surface area contributed by atoms with Crippen LogP contribution in [0.4, 0.5) is 5.69 Å². The quantitative estimate of drug-likeness (QED) is 0.860. The Kier molecular flexibility index (Phi) is 4.19. The van der Waals surface area contributed by atoms with E-state index in [2.05, 4.69) is 10.6 Å². The lowest BCUT2D eigenvalue weighted by atomic mass is 10.0. The normalized spacial score (nSPS) is 19.0. The van der Waals surface area contributed by atoms with Gasteiger partial charge < -0.3 is 10.6 Å². The van der Waals surface area contributed by atoms with E-state index >= 15 is 0 Å². The standard InChI is InChI=1S/C13H14ClN3O/c14-11-5-4-10(7-9(11)8-15)17-13(18)12-3-1-2-6-16-12/h4-5,7,12,16H,1-3,6H2,(H,17,18)/t12-/m0/s1. The number of hydrogen-bond acceptors (Lipinski definition) is 3. The number of anilines is 1. The number of nitrogens with zero attached hydrogens (tertiary/aromatic N) is 1. The first-order valence-corrected chi connectivity index (χ1v) is 6.32. The SMILES string of the molecule is N#Cc1cc(NC(=O)[C@@H]2CCCCN2)ccc1Cl. The van der Waals surface area contributed by atoms with Gasteiger partial charge in [-0.05, 0) is 37.6 Å². The number of amides is 1. The topological polar surface area (TPSA) is 64.9 Å². The second-order valence-corrected chi connectivity index (χ2v) is 4.71. The van der Waals surface area contributed by atoms with Crippen LogP contribution in [0.1, 0.15) is 24.8 Å². The molecule has 0 bridgehead atoms. The zero-order valence-electron chi connectivity index (χ0n) is 9.87. The lowest BCUT2D eigenvalue weighted by Gasteiger charge is -2.22. The molecule has 1 aliphatic heterocycles. The Bertz CT molecular complexity index is 489. The first-order valence-electron chi connectivity index (χ1n) is 5.94. The van der Waals surface area contributed by atoms with Crippen LogP contribution in [0.25, 0.3) is 0 Å². The number of nitrogens with one attached hydrogen (secondary N) is 2. The van der Waals surface area contributed by atoms with Gasteiger partial charge in [0.05, 0.1) is 16.6 Å². The van der Waals surface area contributed by atoms with Crippen molar-refractivity contribution in [3.63, 3.8) is 0 Å². The molecular weight excluding hydrogens is 250 g/mol. The predicted molar refractivity (Wildman–Crippen MR) is 70.4 cm³/mol. The molecule has 0 aliphatic carbocycles. The van der Waals surface area contributed by atoms with Gasteiger partial charge in [-0.15, -0.1) is 0 Å². The summed E-state index contributed by atoms with van der Waals surface area (Å²) in [5.41, 5.74) is 0.972. The average Bonchev–Trinajstić information content (AvgIpc) is 2.42. The molecule has 94 valence electrons. The molecule has 5 heteroatoms. The van der Waals surface area contributed by atoms with Gasteiger partial charge in [-0.1, -0.05) is 18.0 Å². The molecule has 1 aromatic carbocycles. The Hall–Kier alpha value is -1.57. The molecule has 1 saturated heterocycles. The molecule has 1 aliphatic rings. The Morgan fingerprint density at radius 3 is 3.00 bits per heavy atom. The summed E-state index contributed by atoms with van der Waals surface area (Å²) in [6.45, 7) is 0.877. The van der Waals surface area contributed by atoms with Crippen molar-refractivity contribution in [2.45, 2.75) is 25.3 Å². The third-order valence-corrected chi connectivity index (χ3v) is 3.31. The van der Waals surface area contributed by atoms with Crippen LogP contribution in [0.5, 0.6) is 0 Å². The minimum absolute atomic E-state index is 0.0547. The maximum absolute atomic E-state index is 12.0. The molecular formula is C13H14ClN3O. The summed E-state index contributed by atoms with van der Waals surface area (Å²) in [6, 6.07) is 6.75. The Morgan fingerprint density at radius 2 is 2.33 bits per heavy atom. The zero-order chi connectivity index (χ0) is 13.0. The van der Waals surface area contributed by atoms with Gasteiger partial charge in [0.15, 0.2) is 0 Å². The highest BCUT2D eigenvalue weighted by molar-refractivity contribution is 6.31. The highest BCUT2D eigenvalue weighted by Gasteiger charge is 2.20. The summed E-state index contributed by atoms with van der Waals surface area (Å²) >= 11 is 5.83. The van der Waals surface area contributed by atoms with E-state index in [9.17, 15) is 4.79 Å². The van der Waals surface area contributed by atoms with Gasteiger partial charge in [0.2, 0.25) is 5.91 Å². The molecule has 18 heavy (non-hydrogen) atoms. The molecule has 0 spiro atoms.